The van der Waals surface area contributed by atoms with Gasteiger partial charge < -0.3 is 10.8 Å². The molecule has 0 spiro atoms. The second-order valence-corrected chi connectivity index (χ2v) is 8.06. The number of aromatic carboxylic acids is 1. The Labute approximate surface area is 184 Å². The van der Waals surface area contributed by atoms with Crippen LogP contribution < -0.4 is 11.2 Å². The van der Waals surface area contributed by atoms with Crippen molar-refractivity contribution in [2.75, 3.05) is 6.54 Å². The molecule has 2 heterocycles. The lowest BCUT2D eigenvalue weighted by Crippen LogP contribution is -2.33. The fourth-order valence-electron chi connectivity index (χ4n) is 3.02. The third-order valence-electron chi connectivity index (χ3n) is 4.56. The lowest BCUT2D eigenvalue weighted by Gasteiger charge is -2.28. The third-order valence-corrected chi connectivity index (χ3v) is 5.96. The minimum atomic E-state index is -0.942. The fourth-order valence-corrected chi connectivity index (χ4v) is 4.28. The summed E-state index contributed by atoms with van der Waals surface area (Å²) in [5.41, 5.74) is 11.1. The summed E-state index contributed by atoms with van der Waals surface area (Å²) in [7, 11) is 0. The molecule has 0 aliphatic carbocycles. The standard InChI is InChI=1S/C17H18FN3S.C6H5NO2/c18-15-9-4-6-13(12-15)16-20-21-17(22-16,10-5-11-19)14-7-2-1-3-8-14;8-6(9)5-2-1-3-7-4-5/h1-4,6-9,12,21H,5,10-11,19H2;1-4H,(H,8,9). The summed E-state index contributed by atoms with van der Waals surface area (Å²) in [6.45, 7) is 0.631. The number of hydrazone groups is 1. The molecule has 3 aromatic rings. The Kier molecular flexibility index (Phi) is 7.75. The van der Waals surface area contributed by atoms with Gasteiger partial charge in [0.05, 0.1) is 5.56 Å². The second kappa shape index (κ2) is 10.7. The number of nitrogens with two attached hydrogens (primary N) is 1. The largest absolute Gasteiger partial charge is 0.478 e. The predicted molar refractivity (Wildman–Crippen MR) is 121 cm³/mol. The van der Waals surface area contributed by atoms with E-state index >= 15 is 0 Å². The van der Waals surface area contributed by atoms with Gasteiger partial charge in [-0.3, -0.25) is 10.4 Å². The summed E-state index contributed by atoms with van der Waals surface area (Å²) < 4.78 is 13.4. The van der Waals surface area contributed by atoms with Crippen molar-refractivity contribution in [1.29, 1.82) is 0 Å². The van der Waals surface area contributed by atoms with Crippen LogP contribution in [-0.2, 0) is 4.87 Å². The Morgan fingerprint density at radius 3 is 2.55 bits per heavy atom. The molecule has 4 rings (SSSR count). The Morgan fingerprint density at radius 2 is 1.94 bits per heavy atom. The zero-order chi connectivity index (χ0) is 22.1. The summed E-state index contributed by atoms with van der Waals surface area (Å²) in [5, 5.41) is 13.6. The molecule has 0 saturated carbocycles. The van der Waals surface area contributed by atoms with Crippen molar-refractivity contribution in [2.24, 2.45) is 10.8 Å². The number of carboxylic acid groups (broad SMARTS) is 1. The second-order valence-electron chi connectivity index (χ2n) is 6.77. The number of rotatable bonds is 6. The van der Waals surface area contributed by atoms with Crippen molar-refractivity contribution < 1.29 is 14.3 Å². The van der Waals surface area contributed by atoms with Crippen molar-refractivity contribution in [3.05, 3.63) is 102 Å². The van der Waals surface area contributed by atoms with Crippen LogP contribution in [0.2, 0.25) is 0 Å². The number of carboxylic acids is 1. The average molecular weight is 439 g/mol. The highest BCUT2D eigenvalue weighted by molar-refractivity contribution is 8.15. The summed E-state index contributed by atoms with van der Waals surface area (Å²) in [4.78, 5) is 13.5. The molecule has 0 saturated heterocycles. The number of hydrogen-bond donors (Lipinski definition) is 3. The van der Waals surface area contributed by atoms with Gasteiger partial charge in [0, 0.05) is 18.0 Å². The van der Waals surface area contributed by atoms with Gasteiger partial charge in [-0.1, -0.05) is 54.2 Å². The smallest absolute Gasteiger partial charge is 0.337 e. The molecule has 31 heavy (non-hydrogen) atoms. The van der Waals surface area contributed by atoms with E-state index < -0.39 is 5.97 Å². The van der Waals surface area contributed by atoms with Crippen LogP contribution in [0.1, 0.15) is 34.3 Å². The Morgan fingerprint density at radius 1 is 1.13 bits per heavy atom. The normalized spacial score (nSPS) is 17.2. The first kappa shape index (κ1) is 22.5. The molecule has 1 atom stereocenters. The number of thioether (sulfide) groups is 1. The van der Waals surface area contributed by atoms with Crippen LogP contribution in [0, 0.1) is 5.82 Å². The van der Waals surface area contributed by atoms with E-state index in [1.54, 1.807) is 23.9 Å². The fraction of sp³-hybridized carbons (Fsp3) is 0.174. The summed E-state index contributed by atoms with van der Waals surface area (Å²) >= 11 is 1.63. The van der Waals surface area contributed by atoms with Gasteiger partial charge in [0.1, 0.15) is 15.7 Å². The number of nitrogens with zero attached hydrogens (tertiary/aromatic N) is 2. The SMILES string of the molecule is NCCCC1(c2ccccc2)NN=C(c2cccc(F)c2)S1.O=C(O)c1cccnc1. The quantitative estimate of drug-likeness (QED) is 0.533. The third kappa shape index (κ3) is 5.90. The van der Waals surface area contributed by atoms with E-state index in [0.29, 0.717) is 6.54 Å². The van der Waals surface area contributed by atoms with Crippen molar-refractivity contribution in [2.45, 2.75) is 17.7 Å². The maximum atomic E-state index is 13.4. The molecule has 1 aliphatic heterocycles. The highest BCUT2D eigenvalue weighted by Gasteiger charge is 2.38. The molecule has 0 bridgehead atoms. The number of benzene rings is 2. The van der Waals surface area contributed by atoms with Crippen LogP contribution in [0.15, 0.2) is 84.2 Å². The van der Waals surface area contributed by atoms with Gasteiger partial charge in [0.15, 0.2) is 0 Å². The summed E-state index contributed by atoms with van der Waals surface area (Å²) in [6.07, 6.45) is 4.59. The van der Waals surface area contributed by atoms with Crippen LogP contribution in [0.25, 0.3) is 0 Å². The Bertz CT molecular complexity index is 1030. The summed E-state index contributed by atoms with van der Waals surface area (Å²) in [5.74, 6) is -1.19. The predicted octanol–water partition coefficient (Wildman–Crippen LogP) is 4.20. The van der Waals surface area contributed by atoms with Gasteiger partial charge in [-0.05, 0) is 49.2 Å². The van der Waals surface area contributed by atoms with Crippen molar-refractivity contribution >= 4 is 22.8 Å². The highest BCUT2D eigenvalue weighted by atomic mass is 32.2. The topological polar surface area (TPSA) is 101 Å². The summed E-state index contributed by atoms with van der Waals surface area (Å²) in [6, 6.07) is 19.8. The van der Waals surface area contributed by atoms with Crippen LogP contribution in [0.3, 0.4) is 0 Å². The number of halogens is 1. The minimum Gasteiger partial charge on any atom is -0.478 e. The van der Waals surface area contributed by atoms with Gasteiger partial charge in [0.25, 0.3) is 0 Å². The molecule has 160 valence electrons. The molecule has 4 N–H and O–H groups in total. The number of aromatic nitrogens is 1. The molecule has 2 aromatic carbocycles. The van der Waals surface area contributed by atoms with E-state index in [1.165, 1.54) is 30.6 Å². The van der Waals surface area contributed by atoms with Crippen molar-refractivity contribution in [3.8, 4) is 0 Å². The average Bonchev–Trinajstić information content (AvgIpc) is 3.25. The highest BCUT2D eigenvalue weighted by Crippen LogP contribution is 2.43. The van der Waals surface area contributed by atoms with Gasteiger partial charge in [-0.2, -0.15) is 5.10 Å². The van der Waals surface area contributed by atoms with Crippen LogP contribution in [0.4, 0.5) is 4.39 Å². The molecule has 1 unspecified atom stereocenters. The number of hydrogen-bond acceptors (Lipinski definition) is 6. The molecule has 0 radical (unpaired) electrons. The van der Waals surface area contributed by atoms with E-state index in [0.717, 1.165) is 29.0 Å². The number of carbonyl (C=O) groups is 1. The number of pyridine rings is 1. The monoisotopic (exact) mass is 438 g/mol. The van der Waals surface area contributed by atoms with E-state index in [-0.39, 0.29) is 16.3 Å². The van der Waals surface area contributed by atoms with Crippen LogP contribution >= 0.6 is 11.8 Å². The van der Waals surface area contributed by atoms with Gasteiger partial charge in [-0.15, -0.1) is 0 Å². The van der Waals surface area contributed by atoms with E-state index in [4.69, 9.17) is 10.8 Å². The van der Waals surface area contributed by atoms with Gasteiger partial charge >= 0.3 is 5.97 Å². The van der Waals surface area contributed by atoms with E-state index in [2.05, 4.69) is 27.6 Å². The first-order chi connectivity index (χ1) is 15.0. The van der Waals surface area contributed by atoms with Crippen LogP contribution in [-0.4, -0.2) is 27.6 Å². The van der Waals surface area contributed by atoms with Crippen LogP contribution in [0.5, 0.6) is 0 Å². The van der Waals surface area contributed by atoms with Gasteiger partial charge in [-0.25, -0.2) is 9.18 Å². The molecular formula is C23H23FN4O2S. The van der Waals surface area contributed by atoms with Crippen molar-refractivity contribution in [3.63, 3.8) is 0 Å². The molecule has 6 nitrogen and oxygen atoms in total. The zero-order valence-electron chi connectivity index (χ0n) is 16.7. The zero-order valence-corrected chi connectivity index (χ0v) is 17.6. The molecule has 1 aromatic heterocycles. The molecule has 1 aliphatic rings. The maximum absolute atomic E-state index is 13.4. The Hall–Kier alpha value is -3.23. The maximum Gasteiger partial charge on any atom is 0.337 e. The van der Waals surface area contributed by atoms with Crippen molar-refractivity contribution in [1.82, 2.24) is 10.4 Å². The first-order valence-electron chi connectivity index (χ1n) is 9.73. The van der Waals surface area contributed by atoms with Gasteiger partial charge in [0.2, 0.25) is 0 Å². The molecule has 0 fully saturated rings. The lowest BCUT2D eigenvalue weighted by atomic mass is 10.0. The van der Waals surface area contributed by atoms with E-state index in [1.807, 2.05) is 24.3 Å². The lowest BCUT2D eigenvalue weighted by molar-refractivity contribution is 0.0696. The van der Waals surface area contributed by atoms with E-state index in [9.17, 15) is 9.18 Å². The molecule has 0 amide bonds. The molecular weight excluding hydrogens is 415 g/mol. The minimum absolute atomic E-state index is 0.220. The number of nitrogens with one attached hydrogen (secondary N) is 1. The Balaban J connectivity index is 0.000000254. The molecule has 8 heteroatoms. The first-order valence-corrected chi connectivity index (χ1v) is 10.5.